The predicted octanol–water partition coefficient (Wildman–Crippen LogP) is 7.07. The van der Waals surface area contributed by atoms with Gasteiger partial charge < -0.3 is 14.2 Å². The monoisotopic (exact) mass is 510 g/mol. The summed E-state index contributed by atoms with van der Waals surface area (Å²) in [5, 5.41) is 4.03. The van der Waals surface area contributed by atoms with Gasteiger partial charge in [0, 0.05) is 6.42 Å². The summed E-state index contributed by atoms with van der Waals surface area (Å²) in [5.41, 5.74) is 3.71. The zero-order chi connectivity index (χ0) is 26.7. The van der Waals surface area contributed by atoms with Gasteiger partial charge in [0.15, 0.2) is 11.5 Å². The van der Waals surface area contributed by atoms with Gasteiger partial charge in [0.05, 0.1) is 26.0 Å². The number of rotatable bonds is 18. The number of esters is 1. The van der Waals surface area contributed by atoms with Crippen LogP contribution >= 0.6 is 0 Å². The van der Waals surface area contributed by atoms with E-state index in [1.165, 1.54) is 72.0 Å². The minimum Gasteiger partial charge on any atom is -0.493 e. The van der Waals surface area contributed by atoms with Crippen molar-refractivity contribution in [3.63, 3.8) is 0 Å². The zero-order valence-electron chi connectivity index (χ0n) is 22.6. The molecule has 0 bridgehead atoms. The van der Waals surface area contributed by atoms with Crippen molar-refractivity contribution in [2.24, 2.45) is 5.10 Å². The first kappa shape index (κ1) is 29.9. The van der Waals surface area contributed by atoms with E-state index < -0.39 is 5.97 Å². The summed E-state index contributed by atoms with van der Waals surface area (Å²) in [6, 6.07) is 11.7. The summed E-state index contributed by atoms with van der Waals surface area (Å²) >= 11 is 0. The van der Waals surface area contributed by atoms with E-state index in [1.54, 1.807) is 48.7 Å². The van der Waals surface area contributed by atoms with Crippen molar-refractivity contribution in [3.05, 3.63) is 53.6 Å². The average Bonchev–Trinajstić information content (AvgIpc) is 2.92. The molecule has 7 nitrogen and oxygen atoms in total. The maximum Gasteiger partial charge on any atom is 0.343 e. The molecule has 2 aromatic carbocycles. The molecule has 0 spiro atoms. The Bertz CT molecular complexity index is 972. The number of carbonyl (C=O) groups excluding carboxylic acids is 2. The summed E-state index contributed by atoms with van der Waals surface area (Å²) in [6.07, 6.45) is 15.9. The maximum absolute atomic E-state index is 12.4. The van der Waals surface area contributed by atoms with E-state index in [4.69, 9.17) is 14.2 Å². The Balaban J connectivity index is 1.62. The van der Waals surface area contributed by atoms with Gasteiger partial charge in [-0.3, -0.25) is 4.79 Å². The third-order valence-corrected chi connectivity index (χ3v) is 6.12. The second-order valence-electron chi connectivity index (χ2n) is 9.11. The summed E-state index contributed by atoms with van der Waals surface area (Å²) in [6.45, 7) is 2.25. The molecule has 0 aliphatic rings. The summed E-state index contributed by atoms with van der Waals surface area (Å²) in [7, 11) is 3.04. The molecule has 0 aliphatic heterocycles. The molecule has 0 heterocycles. The van der Waals surface area contributed by atoms with Crippen LogP contribution in [0.4, 0.5) is 0 Å². The third kappa shape index (κ3) is 12.0. The summed E-state index contributed by atoms with van der Waals surface area (Å²) < 4.78 is 15.8. The van der Waals surface area contributed by atoms with E-state index >= 15 is 0 Å². The number of hydrogen-bond donors (Lipinski definition) is 1. The largest absolute Gasteiger partial charge is 0.493 e. The van der Waals surface area contributed by atoms with E-state index in [1.807, 2.05) is 0 Å². The van der Waals surface area contributed by atoms with Gasteiger partial charge in [-0.15, -0.1) is 0 Å². The quantitative estimate of drug-likeness (QED) is 0.0762. The van der Waals surface area contributed by atoms with Crippen LogP contribution in [-0.4, -0.2) is 32.3 Å². The van der Waals surface area contributed by atoms with Gasteiger partial charge in [-0.1, -0.05) is 71.1 Å². The van der Waals surface area contributed by atoms with Crippen molar-refractivity contribution in [1.82, 2.24) is 5.43 Å². The Morgan fingerprint density at radius 1 is 0.784 bits per heavy atom. The molecule has 0 atom stereocenters. The van der Waals surface area contributed by atoms with Crippen molar-refractivity contribution in [2.75, 3.05) is 14.2 Å². The molecule has 7 heteroatoms. The van der Waals surface area contributed by atoms with Crippen molar-refractivity contribution in [2.45, 2.75) is 84.0 Å². The standard InChI is InChI=1S/C30H42N2O5/c1-4-5-6-7-8-9-10-11-12-13-14-15-29(33)32-31-23-24-16-19-26(20-17-24)37-30(34)25-18-21-27(35-2)28(22-25)36-3/h16-23H,4-15H2,1-3H3,(H,32,33). The smallest absolute Gasteiger partial charge is 0.343 e. The lowest BCUT2D eigenvalue weighted by molar-refractivity contribution is -0.121. The van der Waals surface area contributed by atoms with E-state index in [9.17, 15) is 9.59 Å². The Labute approximate surface area is 221 Å². The second-order valence-corrected chi connectivity index (χ2v) is 9.11. The average molecular weight is 511 g/mol. The highest BCUT2D eigenvalue weighted by molar-refractivity contribution is 5.92. The minimum absolute atomic E-state index is 0.0763. The van der Waals surface area contributed by atoms with E-state index in [0.29, 0.717) is 29.2 Å². The number of methoxy groups -OCH3 is 2. The van der Waals surface area contributed by atoms with Crippen LogP contribution in [0.15, 0.2) is 47.6 Å². The first-order valence-electron chi connectivity index (χ1n) is 13.4. The Morgan fingerprint density at radius 3 is 1.97 bits per heavy atom. The lowest BCUT2D eigenvalue weighted by Crippen LogP contribution is -2.16. The van der Waals surface area contributed by atoms with Gasteiger partial charge in [0.1, 0.15) is 5.75 Å². The van der Waals surface area contributed by atoms with Gasteiger partial charge in [-0.05, 0) is 54.4 Å². The number of benzene rings is 2. The van der Waals surface area contributed by atoms with Crippen molar-refractivity contribution in [3.8, 4) is 17.2 Å². The van der Waals surface area contributed by atoms with Crippen molar-refractivity contribution >= 4 is 18.1 Å². The van der Waals surface area contributed by atoms with Gasteiger partial charge in [-0.25, -0.2) is 10.2 Å². The molecular formula is C30H42N2O5. The number of nitrogens with zero attached hydrogens (tertiary/aromatic N) is 1. The molecule has 0 aromatic heterocycles. The molecule has 202 valence electrons. The van der Waals surface area contributed by atoms with Crippen LogP contribution in [0.5, 0.6) is 17.2 Å². The van der Waals surface area contributed by atoms with E-state index in [2.05, 4.69) is 17.5 Å². The van der Waals surface area contributed by atoms with Crippen molar-refractivity contribution in [1.29, 1.82) is 0 Å². The molecule has 1 amide bonds. The fourth-order valence-electron chi connectivity index (χ4n) is 3.94. The SMILES string of the molecule is CCCCCCCCCCCCCC(=O)NN=Cc1ccc(OC(=O)c2ccc(OC)c(OC)c2)cc1. The van der Waals surface area contributed by atoms with E-state index in [-0.39, 0.29) is 5.91 Å². The summed E-state index contributed by atoms with van der Waals surface area (Å²) in [4.78, 5) is 24.4. The van der Waals surface area contributed by atoms with Gasteiger partial charge >= 0.3 is 5.97 Å². The van der Waals surface area contributed by atoms with Crippen LogP contribution < -0.4 is 19.6 Å². The highest BCUT2D eigenvalue weighted by Gasteiger charge is 2.13. The first-order chi connectivity index (χ1) is 18.1. The number of ether oxygens (including phenoxy) is 3. The number of carbonyl (C=O) groups is 2. The molecule has 0 saturated carbocycles. The molecule has 0 radical (unpaired) electrons. The number of hydrogen-bond acceptors (Lipinski definition) is 6. The molecular weight excluding hydrogens is 468 g/mol. The number of nitrogens with one attached hydrogen (secondary N) is 1. The number of unbranched alkanes of at least 4 members (excludes halogenated alkanes) is 10. The summed E-state index contributed by atoms with van der Waals surface area (Å²) in [5.74, 6) is 0.810. The van der Waals surface area contributed by atoms with Crippen LogP contribution in [-0.2, 0) is 4.79 Å². The maximum atomic E-state index is 12.4. The fourth-order valence-corrected chi connectivity index (χ4v) is 3.94. The van der Waals surface area contributed by atoms with Crippen LogP contribution in [0, 0.1) is 0 Å². The lowest BCUT2D eigenvalue weighted by Gasteiger charge is -2.09. The molecule has 37 heavy (non-hydrogen) atoms. The van der Waals surface area contributed by atoms with E-state index in [0.717, 1.165) is 18.4 Å². The fraction of sp³-hybridized carbons (Fsp3) is 0.500. The molecule has 1 N–H and O–H groups in total. The Morgan fingerprint density at radius 2 is 1.38 bits per heavy atom. The number of amides is 1. The Kier molecular flexibility index (Phi) is 14.5. The minimum atomic E-state index is -0.503. The highest BCUT2D eigenvalue weighted by Crippen LogP contribution is 2.28. The normalized spacial score (nSPS) is 10.9. The predicted molar refractivity (Wildman–Crippen MR) is 148 cm³/mol. The van der Waals surface area contributed by atoms with Gasteiger partial charge in [0.25, 0.3) is 0 Å². The van der Waals surface area contributed by atoms with Crippen LogP contribution in [0.1, 0.15) is 99.9 Å². The highest BCUT2D eigenvalue weighted by atomic mass is 16.5. The van der Waals surface area contributed by atoms with Gasteiger partial charge in [0.2, 0.25) is 5.91 Å². The van der Waals surface area contributed by atoms with Gasteiger partial charge in [-0.2, -0.15) is 5.10 Å². The van der Waals surface area contributed by atoms with Crippen molar-refractivity contribution < 1.29 is 23.8 Å². The molecule has 0 aliphatic carbocycles. The molecule has 2 rings (SSSR count). The van der Waals surface area contributed by atoms with Crippen LogP contribution in [0.3, 0.4) is 0 Å². The zero-order valence-corrected chi connectivity index (χ0v) is 22.6. The van der Waals surface area contributed by atoms with Crippen LogP contribution in [0.25, 0.3) is 0 Å². The Hall–Kier alpha value is -3.35. The number of hydrazone groups is 1. The lowest BCUT2D eigenvalue weighted by atomic mass is 10.1. The van der Waals surface area contributed by atoms with Crippen LogP contribution in [0.2, 0.25) is 0 Å². The first-order valence-corrected chi connectivity index (χ1v) is 13.4. The molecule has 2 aromatic rings. The molecule has 0 unspecified atom stereocenters. The molecule has 0 saturated heterocycles. The molecule has 0 fully saturated rings. The second kappa shape index (κ2) is 18.0. The topological polar surface area (TPSA) is 86.2 Å². The third-order valence-electron chi connectivity index (χ3n) is 6.12.